The molecule has 4 N–H and O–H groups in total. The zero-order chi connectivity index (χ0) is 16.7. The molecule has 0 spiro atoms. The summed E-state index contributed by atoms with van der Waals surface area (Å²) in [5, 5.41) is 43.5. The van der Waals surface area contributed by atoms with Gasteiger partial charge in [0.25, 0.3) is 0 Å². The van der Waals surface area contributed by atoms with Crippen molar-refractivity contribution in [2.45, 2.75) is 18.3 Å². The van der Waals surface area contributed by atoms with Crippen LogP contribution in [0.1, 0.15) is 0 Å². The van der Waals surface area contributed by atoms with E-state index in [1.54, 1.807) is 5.01 Å². The van der Waals surface area contributed by atoms with E-state index >= 15 is 0 Å². The molecule has 6 nitrogen and oxygen atoms in total. The Hall–Kier alpha value is -2.25. The first-order chi connectivity index (χ1) is 11.1. The fraction of sp³-hybridized carbons (Fsp3) is 0.235. The summed E-state index contributed by atoms with van der Waals surface area (Å²) in [4.78, 5) is 0. The number of aliphatic hydroxyl groups is 4. The van der Waals surface area contributed by atoms with E-state index in [9.17, 15) is 15.3 Å². The lowest BCUT2D eigenvalue weighted by atomic mass is 10.1. The maximum Gasteiger partial charge on any atom is 0.119 e. The summed E-state index contributed by atoms with van der Waals surface area (Å²) in [6.07, 6.45) is -3.23. The molecule has 0 bridgehead atoms. The molecule has 0 fully saturated rings. The fourth-order valence-electron chi connectivity index (χ4n) is 1.98. The van der Waals surface area contributed by atoms with Crippen molar-refractivity contribution in [3.05, 3.63) is 60.7 Å². The normalized spacial score (nSPS) is 15.3. The smallest absolute Gasteiger partial charge is 0.119 e. The van der Waals surface area contributed by atoms with E-state index < -0.39 is 24.9 Å². The molecular weight excluding hydrogens is 296 g/mol. The van der Waals surface area contributed by atoms with Crippen LogP contribution in [0.3, 0.4) is 0 Å². The first kappa shape index (κ1) is 17.1. The summed E-state index contributed by atoms with van der Waals surface area (Å²) in [6.45, 7) is -0.646. The molecule has 2 aromatic carbocycles. The minimum atomic E-state index is -1.52. The average molecular weight is 316 g/mol. The minimum Gasteiger partial charge on any atom is -0.394 e. The molecule has 0 aliphatic carbocycles. The first-order valence-corrected chi connectivity index (χ1v) is 7.23. The van der Waals surface area contributed by atoms with Crippen LogP contribution in [-0.2, 0) is 0 Å². The van der Waals surface area contributed by atoms with Crippen LogP contribution in [0.4, 0.5) is 11.4 Å². The molecule has 2 rings (SSSR count). The lowest BCUT2D eigenvalue weighted by Gasteiger charge is -2.22. The van der Waals surface area contributed by atoms with E-state index in [0.717, 1.165) is 17.6 Å². The Bertz CT molecular complexity index is 567. The van der Waals surface area contributed by atoms with Crippen molar-refractivity contribution in [3.63, 3.8) is 0 Å². The van der Waals surface area contributed by atoms with Crippen molar-refractivity contribution in [1.82, 2.24) is 0 Å². The standard InChI is InChI=1S/C17H20N2O4/c20-12-16(22)17(23)15(21)11-18-19(13-7-3-1-4-8-13)14-9-5-2-6-10-14/h1-11,15-17,20-23H,12H2/t15-,16-,17+/m0/s1. The number of para-hydroxylation sites is 2. The van der Waals surface area contributed by atoms with Gasteiger partial charge in [0.05, 0.1) is 24.2 Å². The van der Waals surface area contributed by atoms with E-state index in [1.807, 2.05) is 60.7 Å². The number of hydrogen-bond donors (Lipinski definition) is 4. The molecule has 0 saturated carbocycles. The van der Waals surface area contributed by atoms with E-state index in [4.69, 9.17) is 5.11 Å². The second-order valence-corrected chi connectivity index (χ2v) is 4.98. The molecule has 0 radical (unpaired) electrons. The molecular formula is C17H20N2O4. The average Bonchev–Trinajstić information content (AvgIpc) is 2.62. The Morgan fingerprint density at radius 2 is 1.35 bits per heavy atom. The van der Waals surface area contributed by atoms with E-state index in [1.165, 1.54) is 0 Å². The van der Waals surface area contributed by atoms with Gasteiger partial charge < -0.3 is 20.4 Å². The van der Waals surface area contributed by atoms with Crippen molar-refractivity contribution in [1.29, 1.82) is 0 Å². The highest BCUT2D eigenvalue weighted by atomic mass is 16.4. The van der Waals surface area contributed by atoms with Gasteiger partial charge in [-0.25, -0.2) is 5.01 Å². The van der Waals surface area contributed by atoms with Crippen LogP contribution in [0.2, 0.25) is 0 Å². The molecule has 0 amide bonds. The number of hydrogen-bond acceptors (Lipinski definition) is 6. The van der Waals surface area contributed by atoms with Crippen LogP contribution in [0.15, 0.2) is 65.8 Å². The summed E-state index contributed by atoms with van der Waals surface area (Å²) < 4.78 is 0. The molecule has 23 heavy (non-hydrogen) atoms. The van der Waals surface area contributed by atoms with Crippen LogP contribution >= 0.6 is 0 Å². The van der Waals surface area contributed by atoms with E-state index in [-0.39, 0.29) is 0 Å². The Morgan fingerprint density at radius 3 is 1.78 bits per heavy atom. The van der Waals surface area contributed by atoms with Crippen molar-refractivity contribution in [2.24, 2.45) is 5.10 Å². The van der Waals surface area contributed by atoms with Crippen LogP contribution < -0.4 is 5.01 Å². The lowest BCUT2D eigenvalue weighted by molar-refractivity contribution is -0.0541. The Labute approximate surface area is 134 Å². The van der Waals surface area contributed by atoms with Gasteiger partial charge in [0.15, 0.2) is 0 Å². The molecule has 0 aliphatic heterocycles. The first-order valence-electron chi connectivity index (χ1n) is 7.23. The Kier molecular flexibility index (Phi) is 6.25. The van der Waals surface area contributed by atoms with Gasteiger partial charge in [0, 0.05) is 0 Å². The van der Waals surface area contributed by atoms with Crippen molar-refractivity contribution in [2.75, 3.05) is 11.6 Å². The quantitative estimate of drug-likeness (QED) is 0.449. The maximum absolute atomic E-state index is 9.86. The molecule has 122 valence electrons. The van der Waals surface area contributed by atoms with Crippen LogP contribution in [-0.4, -0.2) is 51.6 Å². The molecule has 0 aliphatic rings. The lowest BCUT2D eigenvalue weighted by Crippen LogP contribution is -2.40. The van der Waals surface area contributed by atoms with Gasteiger partial charge >= 0.3 is 0 Å². The van der Waals surface area contributed by atoms with Crippen LogP contribution in [0, 0.1) is 0 Å². The zero-order valence-electron chi connectivity index (χ0n) is 12.5. The number of aliphatic hydroxyl groups excluding tert-OH is 4. The highest BCUT2D eigenvalue weighted by Crippen LogP contribution is 2.24. The molecule has 0 unspecified atom stereocenters. The van der Waals surface area contributed by atoms with E-state index in [0.29, 0.717) is 0 Å². The van der Waals surface area contributed by atoms with Gasteiger partial charge in [0.1, 0.15) is 18.3 Å². The third kappa shape index (κ3) is 4.61. The van der Waals surface area contributed by atoms with Crippen LogP contribution in [0.25, 0.3) is 0 Å². The Balaban J connectivity index is 2.24. The second kappa shape index (κ2) is 8.40. The van der Waals surface area contributed by atoms with Crippen molar-refractivity contribution >= 4 is 17.6 Å². The molecule has 0 aromatic heterocycles. The van der Waals surface area contributed by atoms with Gasteiger partial charge in [-0.05, 0) is 24.3 Å². The summed E-state index contributed by atoms with van der Waals surface area (Å²) in [5.41, 5.74) is 1.55. The van der Waals surface area contributed by atoms with Gasteiger partial charge in [0.2, 0.25) is 0 Å². The molecule has 0 saturated heterocycles. The van der Waals surface area contributed by atoms with Gasteiger partial charge in [-0.3, -0.25) is 0 Å². The molecule has 0 heterocycles. The predicted octanol–water partition coefficient (Wildman–Crippen LogP) is 0.885. The van der Waals surface area contributed by atoms with Crippen molar-refractivity contribution < 1.29 is 20.4 Å². The van der Waals surface area contributed by atoms with Gasteiger partial charge in [-0.15, -0.1) is 0 Å². The monoisotopic (exact) mass is 316 g/mol. The third-order valence-electron chi connectivity index (χ3n) is 3.27. The van der Waals surface area contributed by atoms with E-state index in [2.05, 4.69) is 5.10 Å². The van der Waals surface area contributed by atoms with Crippen LogP contribution in [0.5, 0.6) is 0 Å². The molecule has 6 heteroatoms. The maximum atomic E-state index is 9.86. The Morgan fingerprint density at radius 1 is 0.870 bits per heavy atom. The number of rotatable bonds is 7. The van der Waals surface area contributed by atoms with Gasteiger partial charge in [-0.2, -0.15) is 5.10 Å². The van der Waals surface area contributed by atoms with Crippen molar-refractivity contribution in [3.8, 4) is 0 Å². The molecule has 2 aromatic rings. The highest BCUT2D eigenvalue weighted by molar-refractivity contribution is 5.70. The number of anilines is 2. The highest BCUT2D eigenvalue weighted by Gasteiger charge is 2.23. The second-order valence-electron chi connectivity index (χ2n) is 4.98. The zero-order valence-corrected chi connectivity index (χ0v) is 12.5. The fourth-order valence-corrected chi connectivity index (χ4v) is 1.98. The number of nitrogens with zero attached hydrogens (tertiary/aromatic N) is 2. The SMILES string of the molecule is OC[C@H](O)[C@H](O)[C@@H](O)C=NN(c1ccccc1)c1ccccc1. The topological polar surface area (TPSA) is 96.5 Å². The number of hydrazone groups is 1. The summed E-state index contributed by atoms with van der Waals surface area (Å²) in [5.74, 6) is 0. The summed E-state index contributed by atoms with van der Waals surface area (Å²) >= 11 is 0. The van der Waals surface area contributed by atoms with Gasteiger partial charge in [-0.1, -0.05) is 36.4 Å². The predicted molar refractivity (Wildman–Crippen MR) is 88.6 cm³/mol. The third-order valence-corrected chi connectivity index (χ3v) is 3.27. The summed E-state index contributed by atoms with van der Waals surface area (Å²) in [6, 6.07) is 18.6. The largest absolute Gasteiger partial charge is 0.394 e. The number of benzene rings is 2. The molecule has 3 atom stereocenters. The summed E-state index contributed by atoms with van der Waals surface area (Å²) in [7, 11) is 0. The minimum absolute atomic E-state index is 0.646.